The minimum Gasteiger partial charge on any atom is -0.353 e. The molecule has 1 aliphatic rings. The summed E-state index contributed by atoms with van der Waals surface area (Å²) in [7, 11) is 3.97. The smallest absolute Gasteiger partial charge is 0.268 e. The topological polar surface area (TPSA) is 52.6 Å². The van der Waals surface area contributed by atoms with E-state index in [4.69, 9.17) is 0 Å². The van der Waals surface area contributed by atoms with Crippen LogP contribution in [0.15, 0.2) is 30.6 Å². The van der Waals surface area contributed by atoms with Gasteiger partial charge in [0.1, 0.15) is 17.0 Å². The van der Waals surface area contributed by atoms with Gasteiger partial charge in [0.05, 0.1) is 10.3 Å². The Morgan fingerprint density at radius 1 is 1.11 bits per heavy atom. The van der Waals surface area contributed by atoms with Crippen LogP contribution in [0.2, 0.25) is 0 Å². The standard InChI is InChI=1S/C21H25N5OS/c1-14-7-5-6-8-16(14)25(4)21(27)18-15(2)17-19(22-13-23-20(17)28-18)26-11-9-24(3)10-12-26/h5-8,13H,9-12H2,1-4H3. The molecule has 2 aromatic heterocycles. The third-order valence-corrected chi connectivity index (χ3v) is 6.67. The molecule has 146 valence electrons. The van der Waals surface area contributed by atoms with Crippen LogP contribution in [0.1, 0.15) is 20.8 Å². The van der Waals surface area contributed by atoms with Crippen molar-refractivity contribution in [2.45, 2.75) is 13.8 Å². The number of aromatic nitrogens is 2. The summed E-state index contributed by atoms with van der Waals surface area (Å²) >= 11 is 1.46. The minimum absolute atomic E-state index is 0.000808. The fourth-order valence-corrected chi connectivity index (χ4v) is 4.84. The van der Waals surface area contributed by atoms with Crippen LogP contribution in [-0.2, 0) is 0 Å². The minimum atomic E-state index is -0.000808. The van der Waals surface area contributed by atoms with E-state index < -0.39 is 0 Å². The number of hydrogen-bond donors (Lipinski definition) is 0. The Bertz CT molecular complexity index is 1020. The monoisotopic (exact) mass is 395 g/mol. The molecule has 1 fully saturated rings. The lowest BCUT2D eigenvalue weighted by atomic mass is 10.1. The summed E-state index contributed by atoms with van der Waals surface area (Å²) < 4.78 is 0. The Balaban J connectivity index is 1.73. The number of amides is 1. The van der Waals surface area contributed by atoms with Gasteiger partial charge in [-0.05, 0) is 38.1 Å². The molecule has 0 spiro atoms. The fraction of sp³-hybridized carbons (Fsp3) is 0.381. The van der Waals surface area contributed by atoms with Crippen molar-refractivity contribution >= 4 is 39.0 Å². The number of likely N-dealkylation sites (N-methyl/N-ethyl adjacent to an activating group) is 1. The molecule has 0 N–H and O–H groups in total. The normalized spacial score (nSPS) is 15.2. The van der Waals surface area contributed by atoms with Crippen LogP contribution in [0.25, 0.3) is 10.2 Å². The first kappa shape index (κ1) is 18.8. The molecule has 6 nitrogen and oxygen atoms in total. The Morgan fingerprint density at radius 3 is 2.54 bits per heavy atom. The highest BCUT2D eigenvalue weighted by Gasteiger charge is 2.25. The quantitative estimate of drug-likeness (QED) is 0.681. The highest BCUT2D eigenvalue weighted by molar-refractivity contribution is 7.20. The summed E-state index contributed by atoms with van der Waals surface area (Å²) in [5.74, 6) is 0.948. The van der Waals surface area contributed by atoms with E-state index in [0.717, 1.165) is 63.9 Å². The van der Waals surface area contributed by atoms with Gasteiger partial charge in [-0.25, -0.2) is 9.97 Å². The van der Waals surface area contributed by atoms with Crippen molar-refractivity contribution in [2.24, 2.45) is 0 Å². The van der Waals surface area contributed by atoms with E-state index in [-0.39, 0.29) is 5.91 Å². The summed E-state index contributed by atoms with van der Waals surface area (Å²) in [5, 5.41) is 1.01. The number of benzene rings is 1. The van der Waals surface area contributed by atoms with Crippen LogP contribution in [-0.4, -0.2) is 61.0 Å². The second-order valence-corrected chi connectivity index (χ2v) is 8.37. The lowest BCUT2D eigenvalue weighted by Gasteiger charge is -2.33. The molecule has 3 aromatic rings. The van der Waals surface area contributed by atoms with Crippen molar-refractivity contribution in [1.29, 1.82) is 0 Å². The van der Waals surface area contributed by atoms with Gasteiger partial charge in [-0.3, -0.25) is 4.79 Å². The van der Waals surface area contributed by atoms with Crippen molar-refractivity contribution in [1.82, 2.24) is 14.9 Å². The Morgan fingerprint density at radius 2 is 1.82 bits per heavy atom. The highest BCUT2D eigenvalue weighted by atomic mass is 32.1. The first-order chi connectivity index (χ1) is 13.5. The van der Waals surface area contributed by atoms with Gasteiger partial charge >= 0.3 is 0 Å². The predicted octanol–water partition coefficient (Wildman–Crippen LogP) is 3.34. The summed E-state index contributed by atoms with van der Waals surface area (Å²) in [4.78, 5) is 30.3. The Kier molecular flexibility index (Phi) is 5.03. The van der Waals surface area contributed by atoms with Gasteiger partial charge in [-0.15, -0.1) is 11.3 Å². The molecule has 0 atom stereocenters. The zero-order chi connectivity index (χ0) is 19.8. The molecule has 1 amide bonds. The molecule has 1 aliphatic heterocycles. The van der Waals surface area contributed by atoms with Gasteiger partial charge in [0.15, 0.2) is 0 Å². The lowest BCUT2D eigenvalue weighted by Crippen LogP contribution is -2.44. The maximum absolute atomic E-state index is 13.3. The Hall–Kier alpha value is -2.51. The van der Waals surface area contributed by atoms with Gasteiger partial charge in [0.2, 0.25) is 0 Å². The van der Waals surface area contributed by atoms with Crippen LogP contribution in [0, 0.1) is 13.8 Å². The van der Waals surface area contributed by atoms with E-state index in [2.05, 4.69) is 26.8 Å². The molecule has 7 heteroatoms. The largest absolute Gasteiger partial charge is 0.353 e. The van der Waals surface area contributed by atoms with E-state index >= 15 is 0 Å². The lowest BCUT2D eigenvalue weighted by molar-refractivity contribution is 0.0996. The molecule has 0 aliphatic carbocycles. The molecule has 0 radical (unpaired) electrons. The number of hydrogen-bond acceptors (Lipinski definition) is 6. The van der Waals surface area contributed by atoms with Crippen molar-refractivity contribution in [2.75, 3.05) is 50.1 Å². The van der Waals surface area contributed by atoms with Crippen LogP contribution in [0.3, 0.4) is 0 Å². The van der Waals surface area contributed by atoms with Crippen molar-refractivity contribution < 1.29 is 4.79 Å². The molecule has 1 aromatic carbocycles. The molecular formula is C21H25N5OS. The van der Waals surface area contributed by atoms with Crippen LogP contribution < -0.4 is 9.80 Å². The molecule has 0 saturated carbocycles. The van der Waals surface area contributed by atoms with Gasteiger partial charge in [0, 0.05) is 38.9 Å². The van der Waals surface area contributed by atoms with Crippen molar-refractivity contribution in [3.05, 3.63) is 46.6 Å². The average molecular weight is 396 g/mol. The zero-order valence-corrected chi connectivity index (χ0v) is 17.6. The molecule has 1 saturated heterocycles. The Labute approximate surface area is 169 Å². The maximum atomic E-state index is 13.3. The second-order valence-electron chi connectivity index (χ2n) is 7.37. The predicted molar refractivity (Wildman–Crippen MR) is 116 cm³/mol. The number of para-hydroxylation sites is 1. The summed E-state index contributed by atoms with van der Waals surface area (Å²) in [6.07, 6.45) is 1.62. The third-order valence-electron chi connectivity index (χ3n) is 5.49. The third kappa shape index (κ3) is 3.25. The first-order valence-corrected chi connectivity index (χ1v) is 10.3. The molecular weight excluding hydrogens is 370 g/mol. The summed E-state index contributed by atoms with van der Waals surface area (Å²) in [5.41, 5.74) is 2.98. The number of aryl methyl sites for hydroxylation is 2. The summed E-state index contributed by atoms with van der Waals surface area (Å²) in [6, 6.07) is 7.94. The number of thiophene rings is 1. The van der Waals surface area contributed by atoms with Crippen LogP contribution in [0.5, 0.6) is 0 Å². The van der Waals surface area contributed by atoms with Crippen molar-refractivity contribution in [3.63, 3.8) is 0 Å². The van der Waals surface area contributed by atoms with Gasteiger partial charge in [0.25, 0.3) is 5.91 Å². The van der Waals surface area contributed by atoms with Crippen molar-refractivity contribution in [3.8, 4) is 0 Å². The molecule has 0 unspecified atom stereocenters. The number of carbonyl (C=O) groups excluding carboxylic acids is 1. The molecule has 0 bridgehead atoms. The van der Waals surface area contributed by atoms with Gasteiger partial charge in [-0.1, -0.05) is 18.2 Å². The first-order valence-electron chi connectivity index (χ1n) is 9.48. The average Bonchev–Trinajstić information content (AvgIpc) is 3.05. The van der Waals surface area contributed by atoms with Crippen LogP contribution >= 0.6 is 11.3 Å². The number of piperazine rings is 1. The number of rotatable bonds is 3. The fourth-order valence-electron chi connectivity index (χ4n) is 3.72. The molecule has 4 rings (SSSR count). The number of fused-ring (bicyclic) bond motifs is 1. The second kappa shape index (κ2) is 7.48. The van der Waals surface area contributed by atoms with E-state index in [1.54, 1.807) is 11.2 Å². The van der Waals surface area contributed by atoms with Gasteiger partial charge < -0.3 is 14.7 Å². The van der Waals surface area contributed by atoms with E-state index in [0.29, 0.717) is 0 Å². The highest BCUT2D eigenvalue weighted by Crippen LogP contribution is 2.36. The summed E-state index contributed by atoms with van der Waals surface area (Å²) in [6.45, 7) is 7.93. The molecule has 28 heavy (non-hydrogen) atoms. The zero-order valence-electron chi connectivity index (χ0n) is 16.8. The number of anilines is 2. The van der Waals surface area contributed by atoms with E-state index in [9.17, 15) is 4.79 Å². The molecule has 3 heterocycles. The number of carbonyl (C=O) groups is 1. The van der Waals surface area contributed by atoms with Gasteiger partial charge in [-0.2, -0.15) is 0 Å². The van der Waals surface area contributed by atoms with Crippen LogP contribution in [0.4, 0.5) is 11.5 Å². The SMILES string of the molecule is Cc1ccccc1N(C)C(=O)c1sc2ncnc(N3CCN(C)CC3)c2c1C. The van der Waals surface area contributed by atoms with E-state index in [1.165, 1.54) is 11.3 Å². The van der Waals surface area contributed by atoms with E-state index in [1.807, 2.05) is 45.2 Å². The number of nitrogens with zero attached hydrogens (tertiary/aromatic N) is 5. The maximum Gasteiger partial charge on any atom is 0.268 e.